The van der Waals surface area contributed by atoms with Crippen LogP contribution in [0.1, 0.15) is 12.5 Å². The van der Waals surface area contributed by atoms with Gasteiger partial charge in [-0.15, -0.1) is 11.3 Å². The van der Waals surface area contributed by atoms with Crippen LogP contribution in [-0.2, 0) is 20.9 Å². The average Bonchev–Trinajstić information content (AvgIpc) is 3.14. The number of amides is 1. The predicted molar refractivity (Wildman–Crippen MR) is 125 cm³/mol. The molecule has 0 aliphatic carbocycles. The largest absolute Gasteiger partial charge is 0.486 e. The Bertz CT molecular complexity index is 1200. The first-order valence-electron chi connectivity index (χ1n) is 10.1. The zero-order valence-electron chi connectivity index (χ0n) is 17.6. The third-order valence-electron chi connectivity index (χ3n) is 4.90. The topological polar surface area (TPSA) is 78.8 Å². The lowest BCUT2D eigenvalue weighted by atomic mass is 10.1. The standard InChI is InChI=1S/C23H22N2O5S2/c1-14-3-5-16(6-4-14)18-13-32-23(31)25(18)12-21(26)30-15(2)22(27)24-17-7-8-19-20(11-17)29-10-9-28-19/h3-8,11,13,15H,9-10,12H2,1-2H3,(H,24,27). The molecule has 2 aromatic carbocycles. The van der Waals surface area contributed by atoms with E-state index in [2.05, 4.69) is 5.32 Å². The van der Waals surface area contributed by atoms with Gasteiger partial charge in [-0.3, -0.25) is 9.59 Å². The van der Waals surface area contributed by atoms with E-state index >= 15 is 0 Å². The second kappa shape index (κ2) is 9.54. The number of aromatic nitrogens is 1. The first-order chi connectivity index (χ1) is 15.4. The fourth-order valence-corrected chi connectivity index (χ4v) is 4.28. The molecule has 7 nitrogen and oxygen atoms in total. The van der Waals surface area contributed by atoms with Crippen LogP contribution >= 0.6 is 23.6 Å². The summed E-state index contributed by atoms with van der Waals surface area (Å²) in [7, 11) is 0. The number of anilines is 1. The fourth-order valence-electron chi connectivity index (χ4n) is 3.21. The number of hydrogen-bond donors (Lipinski definition) is 1. The number of esters is 1. The molecule has 1 aliphatic heterocycles. The summed E-state index contributed by atoms with van der Waals surface area (Å²) in [5, 5.41) is 4.65. The summed E-state index contributed by atoms with van der Waals surface area (Å²) in [6, 6.07) is 13.1. The number of carbonyl (C=O) groups is 2. The molecule has 1 unspecified atom stereocenters. The third-order valence-corrected chi connectivity index (χ3v) is 6.18. The molecule has 32 heavy (non-hydrogen) atoms. The molecule has 1 aromatic heterocycles. The molecule has 9 heteroatoms. The van der Waals surface area contributed by atoms with Gasteiger partial charge >= 0.3 is 5.97 Å². The van der Waals surface area contributed by atoms with E-state index in [1.807, 2.05) is 36.6 Å². The average molecular weight is 471 g/mol. The first kappa shape index (κ1) is 22.0. The fraction of sp³-hybridized carbons (Fsp3) is 0.261. The maximum Gasteiger partial charge on any atom is 0.326 e. The molecule has 0 fully saturated rings. The van der Waals surface area contributed by atoms with Crippen LogP contribution in [0.25, 0.3) is 11.3 Å². The van der Waals surface area contributed by atoms with E-state index in [9.17, 15) is 9.59 Å². The van der Waals surface area contributed by atoms with Crippen molar-refractivity contribution in [3.05, 3.63) is 57.4 Å². The Kier molecular flexibility index (Phi) is 6.57. The molecule has 2 heterocycles. The quantitative estimate of drug-likeness (QED) is 0.419. The molecular weight excluding hydrogens is 448 g/mol. The number of fused-ring (bicyclic) bond motifs is 1. The van der Waals surface area contributed by atoms with Gasteiger partial charge < -0.3 is 24.1 Å². The Balaban J connectivity index is 1.39. The Labute approximate surface area is 194 Å². The molecule has 4 rings (SSSR count). The highest BCUT2D eigenvalue weighted by molar-refractivity contribution is 7.73. The van der Waals surface area contributed by atoms with Crippen LogP contribution in [0.3, 0.4) is 0 Å². The molecule has 0 bridgehead atoms. The number of aryl methyl sites for hydroxylation is 1. The summed E-state index contributed by atoms with van der Waals surface area (Å²) in [5.41, 5.74) is 3.47. The Morgan fingerprint density at radius 3 is 2.62 bits per heavy atom. The highest BCUT2D eigenvalue weighted by Crippen LogP contribution is 2.32. The van der Waals surface area contributed by atoms with Crippen molar-refractivity contribution >= 4 is 41.1 Å². The normalized spacial score (nSPS) is 13.3. The number of rotatable bonds is 6. The molecule has 0 spiro atoms. The molecular formula is C23H22N2O5S2. The van der Waals surface area contributed by atoms with Gasteiger partial charge in [0.1, 0.15) is 19.8 Å². The third kappa shape index (κ3) is 5.00. The van der Waals surface area contributed by atoms with Crippen molar-refractivity contribution in [1.29, 1.82) is 0 Å². The number of nitrogens with zero attached hydrogens (tertiary/aromatic N) is 1. The summed E-state index contributed by atoms with van der Waals surface area (Å²) in [6.45, 7) is 4.41. The highest BCUT2D eigenvalue weighted by atomic mass is 32.1. The van der Waals surface area contributed by atoms with Gasteiger partial charge in [0.05, 0.1) is 5.69 Å². The van der Waals surface area contributed by atoms with Crippen LogP contribution in [0, 0.1) is 10.9 Å². The monoisotopic (exact) mass is 470 g/mol. The predicted octanol–water partition coefficient (Wildman–Crippen LogP) is 4.60. The molecule has 166 valence electrons. The van der Waals surface area contributed by atoms with Crippen LogP contribution in [0.4, 0.5) is 5.69 Å². The van der Waals surface area contributed by atoms with Gasteiger partial charge in [0.25, 0.3) is 5.91 Å². The molecule has 0 radical (unpaired) electrons. The maximum absolute atomic E-state index is 12.6. The Hall–Kier alpha value is -3.17. The highest BCUT2D eigenvalue weighted by Gasteiger charge is 2.21. The Morgan fingerprint density at radius 2 is 1.88 bits per heavy atom. The van der Waals surface area contributed by atoms with Crippen molar-refractivity contribution in [2.75, 3.05) is 18.5 Å². The van der Waals surface area contributed by atoms with Crippen molar-refractivity contribution in [2.24, 2.45) is 0 Å². The minimum Gasteiger partial charge on any atom is -0.486 e. The first-order valence-corrected chi connectivity index (χ1v) is 11.3. The van der Waals surface area contributed by atoms with E-state index in [0.717, 1.165) is 16.8 Å². The van der Waals surface area contributed by atoms with E-state index in [1.165, 1.54) is 18.3 Å². The second-order valence-corrected chi connectivity index (χ2v) is 8.82. The van der Waals surface area contributed by atoms with Gasteiger partial charge in [-0.25, -0.2) is 0 Å². The van der Waals surface area contributed by atoms with Gasteiger partial charge in [0.2, 0.25) is 0 Å². The second-order valence-electron chi connectivity index (χ2n) is 7.32. The van der Waals surface area contributed by atoms with Gasteiger partial charge in [0.15, 0.2) is 21.6 Å². The zero-order valence-corrected chi connectivity index (χ0v) is 19.3. The lowest BCUT2D eigenvalue weighted by Crippen LogP contribution is -2.31. The van der Waals surface area contributed by atoms with E-state index in [4.69, 9.17) is 26.4 Å². The van der Waals surface area contributed by atoms with E-state index in [0.29, 0.717) is 34.4 Å². The van der Waals surface area contributed by atoms with E-state index < -0.39 is 18.0 Å². The smallest absolute Gasteiger partial charge is 0.326 e. The molecule has 3 aromatic rings. The Morgan fingerprint density at radius 1 is 1.16 bits per heavy atom. The van der Waals surface area contributed by atoms with Crippen LogP contribution in [0.5, 0.6) is 11.5 Å². The van der Waals surface area contributed by atoms with Crippen molar-refractivity contribution < 1.29 is 23.8 Å². The summed E-state index contributed by atoms with van der Waals surface area (Å²) < 4.78 is 18.6. The SMILES string of the molecule is Cc1ccc(-c2csc(=S)n2CC(=O)OC(C)C(=O)Nc2ccc3c(c2)OCCO3)cc1. The number of thiazole rings is 1. The minimum atomic E-state index is -0.980. The minimum absolute atomic E-state index is 0.0762. The summed E-state index contributed by atoms with van der Waals surface area (Å²) in [5.74, 6) is 0.208. The zero-order chi connectivity index (χ0) is 22.7. The van der Waals surface area contributed by atoms with Gasteiger partial charge in [-0.05, 0) is 43.8 Å². The molecule has 0 saturated heterocycles. The van der Waals surface area contributed by atoms with Crippen LogP contribution in [0.15, 0.2) is 47.8 Å². The molecule has 1 atom stereocenters. The molecule has 0 saturated carbocycles. The lowest BCUT2D eigenvalue weighted by Gasteiger charge is -2.19. The van der Waals surface area contributed by atoms with Crippen molar-refractivity contribution in [2.45, 2.75) is 26.5 Å². The molecule has 1 amide bonds. The van der Waals surface area contributed by atoms with E-state index in [-0.39, 0.29) is 6.54 Å². The summed E-state index contributed by atoms with van der Waals surface area (Å²) in [6.07, 6.45) is -0.980. The number of benzene rings is 2. The van der Waals surface area contributed by atoms with Crippen molar-refractivity contribution in [1.82, 2.24) is 4.57 Å². The van der Waals surface area contributed by atoms with Gasteiger partial charge in [-0.2, -0.15) is 0 Å². The number of nitrogens with one attached hydrogen (secondary N) is 1. The maximum atomic E-state index is 12.6. The molecule has 1 aliphatic rings. The van der Waals surface area contributed by atoms with Gasteiger partial charge in [-0.1, -0.05) is 29.8 Å². The molecule has 1 N–H and O–H groups in total. The lowest BCUT2D eigenvalue weighted by molar-refractivity contribution is -0.153. The summed E-state index contributed by atoms with van der Waals surface area (Å²) >= 11 is 6.77. The number of ether oxygens (including phenoxy) is 3. The van der Waals surface area contributed by atoms with Crippen LogP contribution < -0.4 is 14.8 Å². The van der Waals surface area contributed by atoms with E-state index in [1.54, 1.807) is 22.8 Å². The number of hydrogen-bond acceptors (Lipinski definition) is 7. The van der Waals surface area contributed by atoms with Crippen LogP contribution in [0.2, 0.25) is 0 Å². The summed E-state index contributed by atoms with van der Waals surface area (Å²) in [4.78, 5) is 25.1. The van der Waals surface area contributed by atoms with Crippen molar-refractivity contribution in [3.8, 4) is 22.8 Å². The number of carbonyl (C=O) groups excluding carboxylic acids is 2. The van der Waals surface area contributed by atoms with Gasteiger partial charge in [0, 0.05) is 17.1 Å². The van der Waals surface area contributed by atoms with Crippen LogP contribution in [-0.4, -0.2) is 35.8 Å². The van der Waals surface area contributed by atoms with Crippen molar-refractivity contribution in [3.63, 3.8) is 0 Å².